The molecule has 0 atom stereocenters. The van der Waals surface area contributed by atoms with Crippen LogP contribution in [0.5, 0.6) is 5.75 Å². The number of aryl methyl sites for hydroxylation is 3. The van der Waals surface area contributed by atoms with Crippen LogP contribution in [0.2, 0.25) is 0 Å². The van der Waals surface area contributed by atoms with Gasteiger partial charge in [-0.2, -0.15) is 0 Å². The van der Waals surface area contributed by atoms with Crippen molar-refractivity contribution in [3.63, 3.8) is 0 Å². The Bertz CT molecular complexity index is 1230. The number of carbonyl (C=O) groups is 1. The van der Waals surface area contributed by atoms with E-state index in [9.17, 15) is 4.79 Å². The molecule has 0 radical (unpaired) electrons. The van der Waals surface area contributed by atoms with E-state index in [-0.39, 0.29) is 5.91 Å². The van der Waals surface area contributed by atoms with Crippen molar-refractivity contribution in [3.05, 3.63) is 89.5 Å². The summed E-state index contributed by atoms with van der Waals surface area (Å²) in [5.74, 6) is 1.79. The zero-order valence-corrected chi connectivity index (χ0v) is 19.5. The van der Waals surface area contributed by atoms with Gasteiger partial charge < -0.3 is 14.2 Å². The summed E-state index contributed by atoms with van der Waals surface area (Å²) in [6.45, 7) is 6.10. The predicted molar refractivity (Wildman–Crippen MR) is 130 cm³/mol. The van der Waals surface area contributed by atoms with E-state index < -0.39 is 0 Å². The third-order valence-corrected chi connectivity index (χ3v) is 5.75. The van der Waals surface area contributed by atoms with Crippen molar-refractivity contribution >= 4 is 16.9 Å². The van der Waals surface area contributed by atoms with E-state index in [1.807, 2.05) is 31.3 Å². The average molecular weight is 443 g/mol. The number of para-hydroxylation sites is 2. The highest BCUT2D eigenvalue weighted by molar-refractivity contribution is 5.93. The first-order valence-corrected chi connectivity index (χ1v) is 11.3. The molecule has 0 unspecified atom stereocenters. The van der Waals surface area contributed by atoms with E-state index in [1.165, 1.54) is 11.1 Å². The molecule has 6 heteroatoms. The molecule has 33 heavy (non-hydrogen) atoms. The standard InChI is InChI=1S/C27H30N4O2/c1-20-10-11-25(21(2)18-20)33-17-7-6-16-31-24-9-5-4-8-23(24)29-26(31)19-30(3)27(32)22-12-14-28-15-13-22/h4-5,8-15,18H,6-7,16-17,19H2,1-3H3. The van der Waals surface area contributed by atoms with Crippen LogP contribution < -0.4 is 4.74 Å². The summed E-state index contributed by atoms with van der Waals surface area (Å²) >= 11 is 0. The summed E-state index contributed by atoms with van der Waals surface area (Å²) in [4.78, 5) is 23.3. The van der Waals surface area contributed by atoms with Crippen molar-refractivity contribution in [1.29, 1.82) is 0 Å². The fourth-order valence-corrected chi connectivity index (χ4v) is 4.01. The largest absolute Gasteiger partial charge is 0.493 e. The van der Waals surface area contributed by atoms with Gasteiger partial charge >= 0.3 is 0 Å². The van der Waals surface area contributed by atoms with Crippen molar-refractivity contribution < 1.29 is 9.53 Å². The van der Waals surface area contributed by atoms with Crippen LogP contribution in [0.3, 0.4) is 0 Å². The molecule has 0 saturated heterocycles. The molecule has 1 amide bonds. The second kappa shape index (κ2) is 10.3. The topological polar surface area (TPSA) is 60.2 Å². The summed E-state index contributed by atoms with van der Waals surface area (Å²) in [5.41, 5.74) is 5.07. The van der Waals surface area contributed by atoms with Crippen molar-refractivity contribution in [1.82, 2.24) is 19.4 Å². The highest BCUT2D eigenvalue weighted by Gasteiger charge is 2.17. The molecule has 0 fully saturated rings. The van der Waals surface area contributed by atoms with Crippen LogP contribution in [0.1, 0.15) is 40.2 Å². The van der Waals surface area contributed by atoms with Gasteiger partial charge in [0, 0.05) is 31.5 Å². The number of hydrogen-bond donors (Lipinski definition) is 0. The Kier molecular flexibility index (Phi) is 7.03. The maximum absolute atomic E-state index is 12.8. The van der Waals surface area contributed by atoms with Gasteiger partial charge in [-0.15, -0.1) is 0 Å². The third kappa shape index (κ3) is 5.40. The summed E-state index contributed by atoms with van der Waals surface area (Å²) < 4.78 is 8.22. The van der Waals surface area contributed by atoms with Gasteiger partial charge in [0.2, 0.25) is 0 Å². The first kappa shape index (κ1) is 22.5. The Morgan fingerprint density at radius 1 is 1.03 bits per heavy atom. The predicted octanol–water partition coefficient (Wildman–Crippen LogP) is 5.18. The number of nitrogens with zero attached hydrogens (tertiary/aromatic N) is 4. The van der Waals surface area contributed by atoms with Crippen LogP contribution in [-0.4, -0.2) is 39.0 Å². The van der Waals surface area contributed by atoms with Gasteiger partial charge in [-0.3, -0.25) is 9.78 Å². The van der Waals surface area contributed by atoms with Gasteiger partial charge in [-0.05, 0) is 62.6 Å². The fourth-order valence-electron chi connectivity index (χ4n) is 4.01. The second-order valence-corrected chi connectivity index (χ2v) is 8.39. The first-order valence-electron chi connectivity index (χ1n) is 11.3. The van der Waals surface area contributed by atoms with Crippen LogP contribution >= 0.6 is 0 Å². The number of benzene rings is 2. The maximum Gasteiger partial charge on any atom is 0.254 e. The minimum Gasteiger partial charge on any atom is -0.493 e. The summed E-state index contributed by atoms with van der Waals surface area (Å²) in [7, 11) is 1.81. The van der Waals surface area contributed by atoms with Crippen LogP contribution in [0.15, 0.2) is 67.0 Å². The number of imidazole rings is 1. The number of aromatic nitrogens is 3. The number of fused-ring (bicyclic) bond motifs is 1. The normalized spacial score (nSPS) is 11.0. The average Bonchev–Trinajstić information content (AvgIpc) is 3.17. The molecule has 4 aromatic rings. The number of carbonyl (C=O) groups excluding carboxylic acids is 1. The summed E-state index contributed by atoms with van der Waals surface area (Å²) in [6, 6.07) is 17.9. The number of pyridine rings is 1. The molecule has 0 saturated carbocycles. The van der Waals surface area contributed by atoms with Crippen molar-refractivity contribution in [2.45, 2.75) is 39.8 Å². The SMILES string of the molecule is Cc1ccc(OCCCCn2c(CN(C)C(=O)c3ccncc3)nc3ccccc32)c(C)c1. The fraction of sp³-hybridized carbons (Fsp3) is 0.296. The van der Waals surface area contributed by atoms with Crippen molar-refractivity contribution in [2.75, 3.05) is 13.7 Å². The molecule has 0 bridgehead atoms. The Balaban J connectivity index is 1.41. The lowest BCUT2D eigenvalue weighted by molar-refractivity contribution is 0.0780. The molecule has 4 rings (SSSR count). The van der Waals surface area contributed by atoms with E-state index in [1.54, 1.807) is 29.4 Å². The van der Waals surface area contributed by atoms with Gasteiger partial charge in [0.15, 0.2) is 0 Å². The number of hydrogen-bond acceptors (Lipinski definition) is 4. The van der Waals surface area contributed by atoms with Gasteiger partial charge in [-0.25, -0.2) is 4.98 Å². The Morgan fingerprint density at radius 2 is 1.82 bits per heavy atom. The zero-order valence-electron chi connectivity index (χ0n) is 19.5. The zero-order chi connectivity index (χ0) is 23.2. The second-order valence-electron chi connectivity index (χ2n) is 8.39. The Labute approximate surface area is 194 Å². The van der Waals surface area contributed by atoms with E-state index in [2.05, 4.69) is 41.6 Å². The highest BCUT2D eigenvalue weighted by Crippen LogP contribution is 2.21. The monoisotopic (exact) mass is 442 g/mol. The van der Waals surface area contributed by atoms with Crippen molar-refractivity contribution in [3.8, 4) is 5.75 Å². The van der Waals surface area contributed by atoms with E-state index in [4.69, 9.17) is 9.72 Å². The lowest BCUT2D eigenvalue weighted by Crippen LogP contribution is -2.27. The van der Waals surface area contributed by atoms with Crippen LogP contribution in [0.4, 0.5) is 0 Å². The maximum atomic E-state index is 12.8. The third-order valence-electron chi connectivity index (χ3n) is 5.75. The minimum absolute atomic E-state index is 0.0436. The van der Waals surface area contributed by atoms with Crippen LogP contribution in [0.25, 0.3) is 11.0 Å². The molecule has 0 aliphatic heterocycles. The molecule has 0 spiro atoms. The minimum atomic E-state index is -0.0436. The molecule has 0 N–H and O–H groups in total. The summed E-state index contributed by atoms with van der Waals surface area (Å²) in [5, 5.41) is 0. The quantitative estimate of drug-likeness (QED) is 0.335. The molecule has 2 aromatic heterocycles. The van der Waals surface area contributed by atoms with E-state index >= 15 is 0 Å². The highest BCUT2D eigenvalue weighted by atomic mass is 16.5. The lowest BCUT2D eigenvalue weighted by atomic mass is 10.1. The van der Waals surface area contributed by atoms with Gasteiger partial charge in [0.25, 0.3) is 5.91 Å². The van der Waals surface area contributed by atoms with Crippen molar-refractivity contribution in [2.24, 2.45) is 0 Å². The van der Waals surface area contributed by atoms with E-state index in [0.29, 0.717) is 18.7 Å². The lowest BCUT2D eigenvalue weighted by Gasteiger charge is -2.18. The molecule has 2 heterocycles. The summed E-state index contributed by atoms with van der Waals surface area (Å²) in [6.07, 6.45) is 5.16. The molecule has 0 aliphatic rings. The molecular formula is C27H30N4O2. The van der Waals surface area contributed by atoms with Crippen LogP contribution in [-0.2, 0) is 13.1 Å². The molecule has 0 aliphatic carbocycles. The first-order chi connectivity index (χ1) is 16.0. The Morgan fingerprint density at radius 3 is 2.61 bits per heavy atom. The molecule has 2 aromatic carbocycles. The smallest absolute Gasteiger partial charge is 0.254 e. The molecule has 6 nitrogen and oxygen atoms in total. The number of ether oxygens (including phenoxy) is 1. The number of unbranched alkanes of at least 4 members (excludes halogenated alkanes) is 1. The van der Waals surface area contributed by atoms with E-state index in [0.717, 1.165) is 42.0 Å². The van der Waals surface area contributed by atoms with Gasteiger partial charge in [-0.1, -0.05) is 29.8 Å². The van der Waals surface area contributed by atoms with Gasteiger partial charge in [0.05, 0.1) is 24.2 Å². The number of rotatable bonds is 9. The van der Waals surface area contributed by atoms with Crippen LogP contribution in [0, 0.1) is 13.8 Å². The Hall–Kier alpha value is -3.67. The number of amides is 1. The molecule has 170 valence electrons. The molecular weight excluding hydrogens is 412 g/mol. The van der Waals surface area contributed by atoms with Gasteiger partial charge in [0.1, 0.15) is 11.6 Å².